The molecule has 4 nitrogen and oxygen atoms in total. The minimum Gasteiger partial charge on any atom is -0.334 e. The molecule has 0 N–H and O–H groups in total. The molecule has 0 unspecified atom stereocenters. The Kier molecular flexibility index (Phi) is 8.24. The normalized spacial score (nSPS) is 10.9. The summed E-state index contributed by atoms with van der Waals surface area (Å²) in [4.78, 5) is 29.6. The minimum absolute atomic E-state index is 0.312. The van der Waals surface area contributed by atoms with Crippen LogP contribution in [-0.2, 0) is 22.7 Å². The topological polar surface area (TPSA) is 40.6 Å². The molecule has 2 amide bonds. The van der Waals surface area contributed by atoms with Gasteiger partial charge in [0.15, 0.2) is 0 Å². The van der Waals surface area contributed by atoms with Crippen LogP contribution in [-0.4, -0.2) is 34.7 Å². The Bertz CT molecular complexity index is 690. The highest BCUT2D eigenvalue weighted by Crippen LogP contribution is 2.13. The van der Waals surface area contributed by atoms with Crippen molar-refractivity contribution in [2.45, 2.75) is 40.8 Å². The van der Waals surface area contributed by atoms with Crippen molar-refractivity contribution in [1.82, 2.24) is 9.80 Å². The summed E-state index contributed by atoms with van der Waals surface area (Å²) in [7, 11) is 0. The molecule has 0 heterocycles. The van der Waals surface area contributed by atoms with Crippen LogP contribution in [0.4, 0.5) is 0 Å². The van der Waals surface area contributed by atoms with Crippen LogP contribution in [0.3, 0.4) is 0 Å². The van der Waals surface area contributed by atoms with Crippen molar-refractivity contribution in [3.8, 4) is 0 Å². The van der Waals surface area contributed by atoms with Gasteiger partial charge in [0.1, 0.15) is 0 Å². The lowest BCUT2D eigenvalue weighted by Gasteiger charge is -2.29. The Balaban J connectivity index is 2.23. The molecule has 0 aliphatic carbocycles. The zero-order valence-electron chi connectivity index (χ0n) is 17.5. The number of benzene rings is 2. The van der Waals surface area contributed by atoms with Gasteiger partial charge in [-0.25, -0.2) is 0 Å². The molecule has 0 saturated heterocycles. The molecule has 0 bridgehead atoms. The third kappa shape index (κ3) is 6.84. The van der Waals surface area contributed by atoms with Crippen LogP contribution in [0.1, 0.15) is 38.8 Å². The highest BCUT2D eigenvalue weighted by atomic mass is 16.2. The molecule has 4 heteroatoms. The number of carbonyl (C=O) groups is 2. The molecule has 0 spiro atoms. The molecule has 0 radical (unpaired) electrons. The number of hydrogen-bond acceptors (Lipinski definition) is 2. The van der Waals surface area contributed by atoms with Crippen molar-refractivity contribution in [3.05, 3.63) is 71.8 Å². The monoisotopic (exact) mass is 380 g/mol. The molecular weight excluding hydrogens is 348 g/mol. The summed E-state index contributed by atoms with van der Waals surface area (Å²) in [5.74, 6) is -0.220. The standard InChI is InChI=1S/C24H32N2O2/c1-19(2)15-25(16-20(3)4)23(27)24(28)26(17-21-11-7-5-8-12-21)18-22-13-9-6-10-14-22/h5-14,19-20H,15-18H2,1-4H3. The van der Waals surface area contributed by atoms with Gasteiger partial charge in [-0.3, -0.25) is 9.59 Å². The van der Waals surface area contributed by atoms with E-state index in [9.17, 15) is 9.59 Å². The van der Waals surface area contributed by atoms with Gasteiger partial charge in [0.25, 0.3) is 0 Å². The second-order valence-corrected chi connectivity index (χ2v) is 8.13. The van der Waals surface area contributed by atoms with E-state index in [0.29, 0.717) is 38.0 Å². The van der Waals surface area contributed by atoms with Gasteiger partial charge < -0.3 is 9.80 Å². The van der Waals surface area contributed by atoms with Crippen molar-refractivity contribution in [2.75, 3.05) is 13.1 Å². The summed E-state index contributed by atoms with van der Waals surface area (Å²) in [6, 6.07) is 19.6. The van der Waals surface area contributed by atoms with Crippen LogP contribution < -0.4 is 0 Å². The first-order valence-electron chi connectivity index (χ1n) is 10.0. The average molecular weight is 381 g/mol. The highest BCUT2D eigenvalue weighted by molar-refractivity contribution is 6.34. The van der Waals surface area contributed by atoms with E-state index >= 15 is 0 Å². The maximum absolute atomic E-state index is 13.2. The Morgan fingerprint density at radius 1 is 0.643 bits per heavy atom. The zero-order valence-corrected chi connectivity index (χ0v) is 17.5. The van der Waals surface area contributed by atoms with E-state index in [4.69, 9.17) is 0 Å². The first-order chi connectivity index (χ1) is 13.4. The lowest BCUT2D eigenvalue weighted by atomic mass is 10.1. The number of rotatable bonds is 8. The predicted octanol–water partition coefficient (Wildman–Crippen LogP) is 4.36. The Morgan fingerprint density at radius 2 is 1.00 bits per heavy atom. The van der Waals surface area contributed by atoms with Gasteiger partial charge in [-0.15, -0.1) is 0 Å². The maximum atomic E-state index is 13.2. The van der Waals surface area contributed by atoms with Gasteiger partial charge in [0.05, 0.1) is 0 Å². The minimum atomic E-state index is -0.436. The number of nitrogens with zero attached hydrogens (tertiary/aromatic N) is 2. The molecule has 0 saturated carbocycles. The van der Waals surface area contributed by atoms with Crippen LogP contribution >= 0.6 is 0 Å². The fraction of sp³-hybridized carbons (Fsp3) is 0.417. The molecule has 0 aliphatic heterocycles. The molecule has 0 atom stereocenters. The quantitative estimate of drug-likeness (QED) is 0.639. The largest absolute Gasteiger partial charge is 0.334 e. The Hall–Kier alpha value is -2.62. The fourth-order valence-electron chi connectivity index (χ4n) is 3.20. The van der Waals surface area contributed by atoms with Crippen molar-refractivity contribution in [2.24, 2.45) is 11.8 Å². The van der Waals surface area contributed by atoms with E-state index in [2.05, 4.69) is 27.7 Å². The van der Waals surface area contributed by atoms with E-state index in [1.54, 1.807) is 9.80 Å². The lowest BCUT2D eigenvalue weighted by Crippen LogP contribution is -2.47. The summed E-state index contributed by atoms with van der Waals surface area (Å²) in [5, 5.41) is 0. The molecule has 150 valence electrons. The van der Waals surface area contributed by atoms with Gasteiger partial charge >= 0.3 is 11.8 Å². The SMILES string of the molecule is CC(C)CN(CC(C)C)C(=O)C(=O)N(Cc1ccccc1)Cc1ccccc1. The van der Waals surface area contributed by atoms with Gasteiger partial charge in [-0.2, -0.15) is 0 Å². The predicted molar refractivity (Wildman–Crippen MR) is 113 cm³/mol. The van der Waals surface area contributed by atoms with Crippen LogP contribution in [0.2, 0.25) is 0 Å². The molecule has 0 fully saturated rings. The van der Waals surface area contributed by atoms with E-state index in [0.717, 1.165) is 11.1 Å². The summed E-state index contributed by atoms with van der Waals surface area (Å²) >= 11 is 0. The molecule has 28 heavy (non-hydrogen) atoms. The summed E-state index contributed by atoms with van der Waals surface area (Å²) in [5.41, 5.74) is 2.03. The van der Waals surface area contributed by atoms with Crippen molar-refractivity contribution in [1.29, 1.82) is 0 Å². The molecule has 2 aromatic carbocycles. The smallest absolute Gasteiger partial charge is 0.312 e. The number of hydrogen-bond donors (Lipinski definition) is 0. The molecule has 0 aromatic heterocycles. The molecule has 2 rings (SSSR count). The lowest BCUT2D eigenvalue weighted by molar-refractivity contribution is -0.153. The van der Waals surface area contributed by atoms with Gasteiger partial charge in [0, 0.05) is 26.2 Å². The zero-order chi connectivity index (χ0) is 20.5. The Morgan fingerprint density at radius 3 is 1.36 bits per heavy atom. The average Bonchev–Trinajstić information content (AvgIpc) is 2.67. The first kappa shape index (κ1) is 21.7. The van der Waals surface area contributed by atoms with Gasteiger partial charge in [0.2, 0.25) is 0 Å². The van der Waals surface area contributed by atoms with Crippen LogP contribution in [0.25, 0.3) is 0 Å². The number of amides is 2. The second kappa shape index (κ2) is 10.6. The maximum Gasteiger partial charge on any atom is 0.312 e. The van der Waals surface area contributed by atoms with Gasteiger partial charge in [-0.05, 0) is 23.0 Å². The van der Waals surface area contributed by atoms with Crippen LogP contribution in [0.15, 0.2) is 60.7 Å². The highest BCUT2D eigenvalue weighted by Gasteiger charge is 2.28. The first-order valence-corrected chi connectivity index (χ1v) is 10.0. The van der Waals surface area contributed by atoms with E-state index < -0.39 is 11.8 Å². The van der Waals surface area contributed by atoms with Crippen LogP contribution in [0, 0.1) is 11.8 Å². The summed E-state index contributed by atoms with van der Waals surface area (Å²) in [6.45, 7) is 10.3. The molecular formula is C24H32N2O2. The van der Waals surface area contributed by atoms with Crippen molar-refractivity contribution >= 4 is 11.8 Å². The number of carbonyl (C=O) groups excluding carboxylic acids is 2. The third-order valence-corrected chi connectivity index (χ3v) is 4.36. The van der Waals surface area contributed by atoms with Crippen molar-refractivity contribution in [3.63, 3.8) is 0 Å². The van der Waals surface area contributed by atoms with E-state index in [1.807, 2.05) is 60.7 Å². The second-order valence-electron chi connectivity index (χ2n) is 8.13. The van der Waals surface area contributed by atoms with Crippen molar-refractivity contribution < 1.29 is 9.59 Å². The van der Waals surface area contributed by atoms with E-state index in [-0.39, 0.29) is 0 Å². The summed E-state index contributed by atoms with van der Waals surface area (Å²) in [6.07, 6.45) is 0. The molecule has 0 aliphatic rings. The van der Waals surface area contributed by atoms with Crippen LogP contribution in [0.5, 0.6) is 0 Å². The fourth-order valence-corrected chi connectivity index (χ4v) is 3.20. The third-order valence-electron chi connectivity index (χ3n) is 4.36. The van der Waals surface area contributed by atoms with E-state index in [1.165, 1.54) is 0 Å². The molecule has 2 aromatic rings. The van der Waals surface area contributed by atoms with Gasteiger partial charge in [-0.1, -0.05) is 88.4 Å². The summed E-state index contributed by atoms with van der Waals surface area (Å²) < 4.78 is 0. The Labute approximate surface area is 169 Å².